The monoisotopic (exact) mass is 331 g/mol. The number of likely N-dealkylation sites (N-methyl/N-ethyl adjacent to an activating group) is 1. The maximum atomic E-state index is 6.29. The molecule has 0 aliphatic heterocycles. The molecule has 0 aliphatic rings. The highest BCUT2D eigenvalue weighted by atomic mass is 15.1. The lowest BCUT2D eigenvalue weighted by Crippen LogP contribution is -2.44. The van der Waals surface area contributed by atoms with E-state index < -0.39 is 0 Å². The Morgan fingerprint density at radius 3 is 2.12 bits per heavy atom. The fourth-order valence-electron chi connectivity index (χ4n) is 2.45. The van der Waals surface area contributed by atoms with E-state index in [1.807, 2.05) is 6.20 Å². The molecule has 0 fully saturated rings. The largest absolute Gasteiger partial charge is 0.397 e. The van der Waals surface area contributed by atoms with Crippen LogP contribution in [-0.2, 0) is 6.42 Å². The standard InChI is InChI=1S/C21H37N3/c1-16(14-23-21(5,6)7)24(8)15-19(22)18-11-9-17(10-12-18)13-20(2,3)4/h9-12,15-16,23H,13-14,22H2,1-8H3/b19-15-/t16-/m1/s1. The van der Waals surface area contributed by atoms with Crippen LogP contribution in [0.3, 0.4) is 0 Å². The number of nitrogens with one attached hydrogen (secondary N) is 1. The van der Waals surface area contributed by atoms with Gasteiger partial charge < -0.3 is 16.0 Å². The van der Waals surface area contributed by atoms with Gasteiger partial charge in [0.05, 0.1) is 5.70 Å². The van der Waals surface area contributed by atoms with Crippen molar-refractivity contribution in [2.24, 2.45) is 11.1 Å². The Labute approximate surface area is 149 Å². The molecule has 0 saturated carbocycles. The van der Waals surface area contributed by atoms with E-state index in [0.717, 1.165) is 24.2 Å². The zero-order chi connectivity index (χ0) is 18.5. The predicted molar refractivity (Wildman–Crippen MR) is 107 cm³/mol. The second kappa shape index (κ2) is 8.06. The molecule has 3 nitrogen and oxygen atoms in total. The first-order chi connectivity index (χ1) is 10.9. The number of hydrogen-bond donors (Lipinski definition) is 2. The maximum Gasteiger partial charge on any atom is 0.0549 e. The van der Waals surface area contributed by atoms with Gasteiger partial charge in [-0.2, -0.15) is 0 Å². The molecular formula is C21H37N3. The normalized spacial score (nSPS) is 14.6. The lowest BCUT2D eigenvalue weighted by molar-refractivity contribution is 0.303. The summed E-state index contributed by atoms with van der Waals surface area (Å²) in [4.78, 5) is 2.18. The average molecular weight is 332 g/mol. The quantitative estimate of drug-likeness (QED) is 0.819. The van der Waals surface area contributed by atoms with Crippen LogP contribution in [0.15, 0.2) is 30.5 Å². The summed E-state index contributed by atoms with van der Waals surface area (Å²) in [6, 6.07) is 9.00. The number of hydrogen-bond acceptors (Lipinski definition) is 3. The van der Waals surface area contributed by atoms with Gasteiger partial charge in [-0.15, -0.1) is 0 Å². The van der Waals surface area contributed by atoms with E-state index in [-0.39, 0.29) is 5.54 Å². The zero-order valence-corrected chi connectivity index (χ0v) is 16.9. The van der Waals surface area contributed by atoms with Gasteiger partial charge in [-0.25, -0.2) is 0 Å². The first-order valence-corrected chi connectivity index (χ1v) is 8.91. The summed E-state index contributed by atoms with van der Waals surface area (Å²) < 4.78 is 0. The molecule has 136 valence electrons. The van der Waals surface area contributed by atoms with Crippen LogP contribution in [0.2, 0.25) is 0 Å². The van der Waals surface area contributed by atoms with Crippen molar-refractivity contribution in [1.29, 1.82) is 0 Å². The molecule has 1 aromatic rings. The number of nitrogens with zero attached hydrogens (tertiary/aromatic N) is 1. The van der Waals surface area contributed by atoms with E-state index in [9.17, 15) is 0 Å². The van der Waals surface area contributed by atoms with Gasteiger partial charge in [-0.3, -0.25) is 0 Å². The molecule has 0 radical (unpaired) electrons. The van der Waals surface area contributed by atoms with Gasteiger partial charge in [0.15, 0.2) is 0 Å². The molecule has 0 unspecified atom stereocenters. The molecule has 3 heteroatoms. The van der Waals surface area contributed by atoms with Gasteiger partial charge in [-0.1, -0.05) is 45.0 Å². The Morgan fingerprint density at radius 1 is 1.12 bits per heavy atom. The van der Waals surface area contributed by atoms with Crippen LogP contribution in [0.25, 0.3) is 5.70 Å². The summed E-state index contributed by atoms with van der Waals surface area (Å²) in [5, 5.41) is 3.53. The molecule has 3 N–H and O–H groups in total. The summed E-state index contributed by atoms with van der Waals surface area (Å²) in [7, 11) is 2.08. The minimum Gasteiger partial charge on any atom is -0.397 e. The molecular weight excluding hydrogens is 294 g/mol. The third kappa shape index (κ3) is 7.87. The van der Waals surface area contributed by atoms with E-state index in [1.165, 1.54) is 5.56 Å². The predicted octanol–water partition coefficient (Wildman–Crippen LogP) is 4.24. The topological polar surface area (TPSA) is 41.3 Å². The molecule has 0 amide bonds. The van der Waals surface area contributed by atoms with E-state index in [1.54, 1.807) is 0 Å². The molecule has 0 bridgehead atoms. The fourth-order valence-corrected chi connectivity index (χ4v) is 2.45. The Bertz CT molecular complexity index is 530. The summed E-state index contributed by atoms with van der Waals surface area (Å²) in [5.41, 5.74) is 9.97. The minimum absolute atomic E-state index is 0.132. The molecule has 0 aliphatic carbocycles. The Morgan fingerprint density at radius 2 is 1.67 bits per heavy atom. The number of rotatable bonds is 6. The van der Waals surface area contributed by atoms with Gasteiger partial charge in [0, 0.05) is 31.4 Å². The molecule has 1 atom stereocenters. The van der Waals surface area contributed by atoms with Crippen molar-refractivity contribution in [2.75, 3.05) is 13.6 Å². The second-order valence-corrected chi connectivity index (χ2v) is 9.16. The van der Waals surface area contributed by atoms with Gasteiger partial charge in [0.2, 0.25) is 0 Å². The lowest BCUT2D eigenvalue weighted by Gasteiger charge is -2.28. The van der Waals surface area contributed by atoms with Crippen molar-refractivity contribution in [3.63, 3.8) is 0 Å². The van der Waals surface area contributed by atoms with Crippen LogP contribution in [0.5, 0.6) is 0 Å². The maximum absolute atomic E-state index is 6.29. The van der Waals surface area contributed by atoms with E-state index in [0.29, 0.717) is 11.5 Å². The Kier molecular flexibility index (Phi) is 6.91. The fraction of sp³-hybridized carbons (Fsp3) is 0.619. The van der Waals surface area contributed by atoms with Crippen molar-refractivity contribution in [1.82, 2.24) is 10.2 Å². The van der Waals surface area contributed by atoms with Gasteiger partial charge in [0.25, 0.3) is 0 Å². The highest BCUT2D eigenvalue weighted by molar-refractivity contribution is 5.62. The van der Waals surface area contributed by atoms with Crippen molar-refractivity contribution < 1.29 is 0 Å². The SMILES string of the molecule is C[C@H](CNC(C)(C)C)N(C)/C=C(\N)c1ccc(CC(C)(C)C)cc1. The number of nitrogens with two attached hydrogens (primary N) is 1. The van der Waals surface area contributed by atoms with Crippen LogP contribution in [0.1, 0.15) is 59.6 Å². The molecule has 1 aromatic carbocycles. The van der Waals surface area contributed by atoms with Gasteiger partial charge in [0.1, 0.15) is 0 Å². The second-order valence-electron chi connectivity index (χ2n) is 9.16. The molecule has 0 saturated heterocycles. The van der Waals surface area contributed by atoms with Crippen LogP contribution >= 0.6 is 0 Å². The first kappa shape index (κ1) is 20.6. The molecule has 0 aromatic heterocycles. The minimum atomic E-state index is 0.132. The van der Waals surface area contributed by atoms with Crippen molar-refractivity contribution in [3.8, 4) is 0 Å². The summed E-state index contributed by atoms with van der Waals surface area (Å²) in [6.45, 7) is 16.5. The van der Waals surface area contributed by atoms with Crippen LogP contribution in [0, 0.1) is 5.41 Å². The Hall–Kier alpha value is -1.48. The van der Waals surface area contributed by atoms with Crippen molar-refractivity contribution in [2.45, 2.75) is 66.5 Å². The van der Waals surface area contributed by atoms with Crippen LogP contribution in [0.4, 0.5) is 0 Å². The smallest absolute Gasteiger partial charge is 0.0549 e. The van der Waals surface area contributed by atoms with E-state index in [4.69, 9.17) is 5.73 Å². The van der Waals surface area contributed by atoms with Crippen LogP contribution in [-0.4, -0.2) is 30.1 Å². The molecule has 0 heterocycles. The van der Waals surface area contributed by atoms with Gasteiger partial charge >= 0.3 is 0 Å². The highest BCUT2D eigenvalue weighted by Crippen LogP contribution is 2.21. The van der Waals surface area contributed by atoms with E-state index >= 15 is 0 Å². The number of benzene rings is 1. The third-order valence-corrected chi connectivity index (χ3v) is 3.99. The van der Waals surface area contributed by atoms with E-state index in [2.05, 4.69) is 90.0 Å². The summed E-state index contributed by atoms with van der Waals surface area (Å²) >= 11 is 0. The summed E-state index contributed by atoms with van der Waals surface area (Å²) in [5.74, 6) is 0. The lowest BCUT2D eigenvalue weighted by atomic mass is 9.88. The summed E-state index contributed by atoms with van der Waals surface area (Å²) in [6.07, 6.45) is 3.11. The van der Waals surface area contributed by atoms with Crippen molar-refractivity contribution >= 4 is 5.70 Å². The zero-order valence-electron chi connectivity index (χ0n) is 16.9. The first-order valence-electron chi connectivity index (χ1n) is 8.91. The molecule has 0 spiro atoms. The highest BCUT2D eigenvalue weighted by Gasteiger charge is 2.14. The molecule has 24 heavy (non-hydrogen) atoms. The molecule has 1 rings (SSSR count). The third-order valence-electron chi connectivity index (χ3n) is 3.99. The Balaban J connectivity index is 2.70. The van der Waals surface area contributed by atoms with Crippen LogP contribution < -0.4 is 11.1 Å². The average Bonchev–Trinajstić information content (AvgIpc) is 2.42. The van der Waals surface area contributed by atoms with Gasteiger partial charge in [-0.05, 0) is 50.7 Å². The van der Waals surface area contributed by atoms with Crippen molar-refractivity contribution in [3.05, 3.63) is 41.6 Å².